The summed E-state index contributed by atoms with van der Waals surface area (Å²) in [6, 6.07) is 1.35. The van der Waals surface area contributed by atoms with Gasteiger partial charge < -0.3 is 19.7 Å². The third kappa shape index (κ3) is 3.62. The molecule has 0 saturated carbocycles. The molecule has 2 rings (SSSR count). The lowest BCUT2D eigenvalue weighted by molar-refractivity contribution is -0.155. The van der Waals surface area contributed by atoms with Crippen LogP contribution in [0.5, 0.6) is 5.88 Å². The first-order valence-electron chi connectivity index (χ1n) is 6.60. The van der Waals surface area contributed by atoms with Gasteiger partial charge in [-0.2, -0.15) is 0 Å². The summed E-state index contributed by atoms with van der Waals surface area (Å²) in [5.74, 6) is -0.0226. The number of hydrogen-bond acceptors (Lipinski definition) is 5. The van der Waals surface area contributed by atoms with Gasteiger partial charge in [-0.1, -0.05) is 0 Å². The Bertz CT molecular complexity index is 566. The second kappa shape index (κ2) is 5.59. The Morgan fingerprint density at radius 1 is 1.48 bits per heavy atom. The van der Waals surface area contributed by atoms with Gasteiger partial charge in [0.1, 0.15) is 12.1 Å². The Balaban J connectivity index is 2.13. The Morgan fingerprint density at radius 2 is 2.19 bits per heavy atom. The van der Waals surface area contributed by atoms with Crippen molar-refractivity contribution in [2.24, 2.45) is 0 Å². The Morgan fingerprint density at radius 3 is 2.81 bits per heavy atom. The summed E-state index contributed by atoms with van der Waals surface area (Å²) in [5, 5.41) is 2.71. The molecule has 2 heterocycles. The van der Waals surface area contributed by atoms with Crippen LogP contribution in [0.1, 0.15) is 26.3 Å². The first-order valence-corrected chi connectivity index (χ1v) is 6.60. The number of ether oxygens (including phenoxy) is 2. The summed E-state index contributed by atoms with van der Waals surface area (Å²) in [6.07, 6.45) is 1.56. The van der Waals surface area contributed by atoms with E-state index in [4.69, 9.17) is 9.47 Å². The number of rotatable bonds is 3. The number of esters is 1. The molecule has 2 amide bonds. The van der Waals surface area contributed by atoms with Crippen molar-refractivity contribution in [2.75, 3.05) is 19.0 Å². The fourth-order valence-electron chi connectivity index (χ4n) is 2.03. The van der Waals surface area contributed by atoms with Gasteiger partial charge in [-0.25, -0.2) is 9.78 Å². The number of methoxy groups -OCH3 is 1. The van der Waals surface area contributed by atoms with Gasteiger partial charge >= 0.3 is 12.0 Å². The lowest BCUT2D eigenvalue weighted by Crippen LogP contribution is -2.43. The van der Waals surface area contributed by atoms with Gasteiger partial charge in [0.15, 0.2) is 0 Å². The van der Waals surface area contributed by atoms with E-state index < -0.39 is 11.6 Å². The first kappa shape index (κ1) is 15.1. The topological polar surface area (TPSA) is 80.8 Å². The number of nitrogens with one attached hydrogen (secondary N) is 1. The fraction of sp³-hybridized carbons (Fsp3) is 0.500. The van der Waals surface area contributed by atoms with Crippen molar-refractivity contribution in [2.45, 2.75) is 32.9 Å². The largest absolute Gasteiger partial charge is 0.481 e. The minimum atomic E-state index is -0.583. The van der Waals surface area contributed by atoms with Crippen LogP contribution in [0.4, 0.5) is 10.5 Å². The van der Waals surface area contributed by atoms with E-state index in [-0.39, 0.29) is 19.1 Å². The standard InChI is InChI=1S/C14H19N3O4/c1-14(2,3)21-11(18)8-17-7-9-10(16-13(17)19)5-6-15-12(9)20-4/h5-6H,7-8H2,1-4H3,(H,16,19). The van der Waals surface area contributed by atoms with Crippen LogP contribution < -0.4 is 10.1 Å². The van der Waals surface area contributed by atoms with E-state index in [0.29, 0.717) is 11.6 Å². The van der Waals surface area contributed by atoms with Gasteiger partial charge in [-0.15, -0.1) is 0 Å². The molecule has 0 unspecified atom stereocenters. The molecule has 0 bridgehead atoms. The van der Waals surface area contributed by atoms with Crippen LogP contribution in [-0.2, 0) is 16.1 Å². The van der Waals surface area contributed by atoms with Crippen LogP contribution in [0, 0.1) is 0 Å². The number of nitrogens with zero attached hydrogens (tertiary/aromatic N) is 2. The number of urea groups is 1. The molecule has 1 aliphatic rings. The third-order valence-corrected chi connectivity index (χ3v) is 2.83. The number of amides is 2. The van der Waals surface area contributed by atoms with Gasteiger partial charge in [0, 0.05) is 6.20 Å². The monoisotopic (exact) mass is 293 g/mol. The number of carbonyl (C=O) groups is 2. The Kier molecular flexibility index (Phi) is 4.02. The predicted octanol–water partition coefficient (Wildman–Crippen LogP) is 1.78. The summed E-state index contributed by atoms with van der Waals surface area (Å²) in [4.78, 5) is 29.3. The van der Waals surface area contributed by atoms with Crippen molar-refractivity contribution >= 4 is 17.7 Å². The van der Waals surface area contributed by atoms with Crippen molar-refractivity contribution in [1.82, 2.24) is 9.88 Å². The van der Waals surface area contributed by atoms with E-state index >= 15 is 0 Å². The average Bonchev–Trinajstić information content (AvgIpc) is 2.36. The number of aromatic nitrogens is 1. The highest BCUT2D eigenvalue weighted by Crippen LogP contribution is 2.29. The van der Waals surface area contributed by atoms with Crippen molar-refractivity contribution in [3.63, 3.8) is 0 Å². The van der Waals surface area contributed by atoms with Crippen LogP contribution >= 0.6 is 0 Å². The summed E-state index contributed by atoms with van der Waals surface area (Å²) >= 11 is 0. The predicted molar refractivity (Wildman–Crippen MR) is 76.1 cm³/mol. The molecule has 1 aliphatic heterocycles. The maximum atomic E-state index is 12.0. The molecule has 0 radical (unpaired) electrons. The SMILES string of the molecule is COc1nccc2c1CN(CC(=O)OC(C)(C)C)C(=O)N2. The summed E-state index contributed by atoms with van der Waals surface area (Å²) < 4.78 is 10.4. The summed E-state index contributed by atoms with van der Waals surface area (Å²) in [7, 11) is 1.51. The molecule has 0 fully saturated rings. The van der Waals surface area contributed by atoms with E-state index in [2.05, 4.69) is 10.3 Å². The lowest BCUT2D eigenvalue weighted by atomic mass is 10.1. The first-order chi connectivity index (χ1) is 9.80. The molecule has 114 valence electrons. The average molecular weight is 293 g/mol. The summed E-state index contributed by atoms with van der Waals surface area (Å²) in [6.45, 7) is 5.47. The second-order valence-electron chi connectivity index (χ2n) is 5.72. The number of anilines is 1. The highest BCUT2D eigenvalue weighted by Gasteiger charge is 2.28. The van der Waals surface area contributed by atoms with Crippen LogP contribution in [0.25, 0.3) is 0 Å². The Labute approximate surface area is 123 Å². The van der Waals surface area contributed by atoms with Crippen molar-refractivity contribution in [1.29, 1.82) is 0 Å². The van der Waals surface area contributed by atoms with E-state index in [1.807, 2.05) is 0 Å². The van der Waals surface area contributed by atoms with Crippen LogP contribution in [0.2, 0.25) is 0 Å². The number of fused-ring (bicyclic) bond motifs is 1. The molecule has 1 N–H and O–H groups in total. The fourth-order valence-corrected chi connectivity index (χ4v) is 2.03. The van der Waals surface area contributed by atoms with Crippen molar-refractivity contribution in [3.05, 3.63) is 17.8 Å². The molecular weight excluding hydrogens is 274 g/mol. The smallest absolute Gasteiger partial charge is 0.326 e. The number of carbonyl (C=O) groups excluding carboxylic acids is 2. The molecule has 0 spiro atoms. The maximum Gasteiger partial charge on any atom is 0.326 e. The van der Waals surface area contributed by atoms with Crippen LogP contribution in [0.15, 0.2) is 12.3 Å². The minimum absolute atomic E-state index is 0.124. The highest BCUT2D eigenvalue weighted by molar-refractivity contribution is 5.94. The second-order valence-corrected chi connectivity index (χ2v) is 5.72. The zero-order chi connectivity index (χ0) is 15.6. The molecule has 7 heteroatoms. The Hall–Kier alpha value is -2.31. The van der Waals surface area contributed by atoms with Crippen LogP contribution in [0.3, 0.4) is 0 Å². The van der Waals surface area contributed by atoms with Crippen LogP contribution in [-0.4, -0.2) is 41.1 Å². The number of pyridine rings is 1. The quantitative estimate of drug-likeness (QED) is 0.859. The maximum absolute atomic E-state index is 12.0. The zero-order valence-corrected chi connectivity index (χ0v) is 12.6. The molecule has 1 aromatic heterocycles. The molecule has 1 aromatic rings. The molecule has 0 aromatic carbocycles. The molecular formula is C14H19N3O4. The molecule has 7 nitrogen and oxygen atoms in total. The zero-order valence-electron chi connectivity index (χ0n) is 12.6. The molecule has 0 saturated heterocycles. The van der Waals surface area contributed by atoms with Gasteiger partial charge in [0.25, 0.3) is 0 Å². The highest BCUT2D eigenvalue weighted by atomic mass is 16.6. The minimum Gasteiger partial charge on any atom is -0.481 e. The molecule has 0 aliphatic carbocycles. The van der Waals surface area contributed by atoms with Gasteiger partial charge in [-0.05, 0) is 26.8 Å². The van der Waals surface area contributed by atoms with Gasteiger partial charge in [0.2, 0.25) is 5.88 Å². The van der Waals surface area contributed by atoms with E-state index in [0.717, 1.165) is 5.56 Å². The molecule has 0 atom stereocenters. The van der Waals surface area contributed by atoms with Crippen molar-refractivity contribution in [3.8, 4) is 5.88 Å². The third-order valence-electron chi connectivity index (χ3n) is 2.83. The summed E-state index contributed by atoms with van der Waals surface area (Å²) in [5.41, 5.74) is 0.802. The van der Waals surface area contributed by atoms with E-state index in [1.165, 1.54) is 12.0 Å². The van der Waals surface area contributed by atoms with Gasteiger partial charge in [0.05, 0.1) is 24.9 Å². The van der Waals surface area contributed by atoms with E-state index in [1.54, 1.807) is 33.0 Å². The van der Waals surface area contributed by atoms with Gasteiger partial charge in [-0.3, -0.25) is 4.79 Å². The lowest BCUT2D eigenvalue weighted by Gasteiger charge is -2.30. The van der Waals surface area contributed by atoms with Crippen molar-refractivity contribution < 1.29 is 19.1 Å². The number of hydrogen-bond donors (Lipinski definition) is 1. The molecule has 21 heavy (non-hydrogen) atoms. The van der Waals surface area contributed by atoms with E-state index in [9.17, 15) is 9.59 Å². The normalized spacial score (nSPS) is 14.3.